The Balaban J connectivity index is 1.77. The third kappa shape index (κ3) is 4.07. The van der Waals surface area contributed by atoms with Crippen molar-refractivity contribution < 1.29 is 4.79 Å². The first-order valence-corrected chi connectivity index (χ1v) is 7.73. The molecule has 0 radical (unpaired) electrons. The number of hydrogen-bond donors (Lipinski definition) is 0. The molecule has 1 aromatic rings. The van der Waals surface area contributed by atoms with E-state index in [1.807, 2.05) is 11.9 Å². The minimum atomic E-state index is 0.275. The van der Waals surface area contributed by atoms with Crippen LogP contribution in [0.15, 0.2) is 24.3 Å². The molecular weight excluding hydrogens is 248 g/mol. The molecule has 1 amide bonds. The number of nitrogens with zero attached hydrogens (tertiary/aromatic N) is 2. The number of carbonyl (C=O) groups is 1. The molecule has 0 aromatic heterocycles. The summed E-state index contributed by atoms with van der Waals surface area (Å²) in [6.45, 7) is 5.98. The number of benzene rings is 1. The lowest BCUT2D eigenvalue weighted by atomic mass is 10.00. The number of rotatable bonds is 6. The Morgan fingerprint density at radius 1 is 1.30 bits per heavy atom. The molecule has 0 fully saturated rings. The Morgan fingerprint density at radius 2 is 2.05 bits per heavy atom. The first-order valence-electron chi connectivity index (χ1n) is 7.73. The average Bonchev–Trinajstić information content (AvgIpc) is 2.50. The number of fused-ring (bicyclic) bond motifs is 1. The maximum Gasteiger partial charge on any atom is 0.223 e. The molecule has 0 saturated carbocycles. The van der Waals surface area contributed by atoms with E-state index in [2.05, 4.69) is 36.1 Å². The quantitative estimate of drug-likeness (QED) is 0.796. The molecule has 0 atom stereocenters. The van der Waals surface area contributed by atoms with Gasteiger partial charge in [-0.15, -0.1) is 0 Å². The van der Waals surface area contributed by atoms with Crippen molar-refractivity contribution in [2.75, 3.05) is 26.7 Å². The van der Waals surface area contributed by atoms with Crippen molar-refractivity contribution in [1.82, 2.24) is 9.80 Å². The highest BCUT2D eigenvalue weighted by atomic mass is 16.2. The zero-order valence-corrected chi connectivity index (χ0v) is 12.8. The SMILES string of the molecule is CCCCN(C)C(=O)CCN1CCc2ccccc2C1. The fourth-order valence-electron chi connectivity index (χ4n) is 2.71. The van der Waals surface area contributed by atoms with Gasteiger partial charge in [-0.25, -0.2) is 0 Å². The normalized spacial score (nSPS) is 14.9. The first-order chi connectivity index (χ1) is 9.70. The maximum absolute atomic E-state index is 12.0. The van der Waals surface area contributed by atoms with E-state index in [0.29, 0.717) is 6.42 Å². The van der Waals surface area contributed by atoms with Crippen molar-refractivity contribution in [2.24, 2.45) is 0 Å². The predicted molar refractivity (Wildman–Crippen MR) is 82.6 cm³/mol. The molecule has 1 aromatic carbocycles. The van der Waals surface area contributed by atoms with Gasteiger partial charge < -0.3 is 4.90 Å². The van der Waals surface area contributed by atoms with Crippen LogP contribution in [0.4, 0.5) is 0 Å². The number of hydrogen-bond acceptors (Lipinski definition) is 2. The van der Waals surface area contributed by atoms with Gasteiger partial charge in [0.05, 0.1) is 0 Å². The van der Waals surface area contributed by atoms with Crippen molar-refractivity contribution in [1.29, 1.82) is 0 Å². The number of unbranched alkanes of at least 4 members (excludes halogenated alkanes) is 1. The molecule has 0 bridgehead atoms. The van der Waals surface area contributed by atoms with Gasteiger partial charge in [0.2, 0.25) is 5.91 Å². The van der Waals surface area contributed by atoms with Crippen LogP contribution >= 0.6 is 0 Å². The van der Waals surface area contributed by atoms with Gasteiger partial charge in [-0.3, -0.25) is 9.69 Å². The van der Waals surface area contributed by atoms with Gasteiger partial charge in [-0.1, -0.05) is 37.6 Å². The molecule has 1 aliphatic heterocycles. The van der Waals surface area contributed by atoms with Gasteiger partial charge in [0, 0.05) is 39.6 Å². The monoisotopic (exact) mass is 274 g/mol. The summed E-state index contributed by atoms with van der Waals surface area (Å²) in [5.74, 6) is 0.275. The van der Waals surface area contributed by atoms with Gasteiger partial charge >= 0.3 is 0 Å². The summed E-state index contributed by atoms with van der Waals surface area (Å²) in [6, 6.07) is 8.64. The van der Waals surface area contributed by atoms with Gasteiger partial charge in [0.1, 0.15) is 0 Å². The summed E-state index contributed by atoms with van der Waals surface area (Å²) in [5.41, 5.74) is 2.89. The third-order valence-corrected chi connectivity index (χ3v) is 4.12. The Kier molecular flexibility index (Phi) is 5.60. The van der Waals surface area contributed by atoms with Crippen molar-refractivity contribution >= 4 is 5.91 Å². The molecule has 20 heavy (non-hydrogen) atoms. The summed E-state index contributed by atoms with van der Waals surface area (Å²) >= 11 is 0. The molecular formula is C17H26N2O. The van der Waals surface area contributed by atoms with Crippen LogP contribution in [-0.4, -0.2) is 42.4 Å². The Morgan fingerprint density at radius 3 is 2.80 bits per heavy atom. The van der Waals surface area contributed by atoms with E-state index >= 15 is 0 Å². The van der Waals surface area contributed by atoms with Gasteiger partial charge in [0.15, 0.2) is 0 Å². The average molecular weight is 274 g/mol. The van der Waals surface area contributed by atoms with E-state index in [1.165, 1.54) is 11.1 Å². The Labute approximate surface area is 122 Å². The predicted octanol–water partition coefficient (Wildman–Crippen LogP) is 2.69. The van der Waals surface area contributed by atoms with E-state index in [-0.39, 0.29) is 5.91 Å². The fourth-order valence-corrected chi connectivity index (χ4v) is 2.71. The molecule has 0 aliphatic carbocycles. The lowest BCUT2D eigenvalue weighted by Gasteiger charge is -2.29. The summed E-state index contributed by atoms with van der Waals surface area (Å²) in [6.07, 6.45) is 3.98. The van der Waals surface area contributed by atoms with E-state index in [0.717, 1.165) is 45.4 Å². The van der Waals surface area contributed by atoms with E-state index in [4.69, 9.17) is 0 Å². The molecule has 0 spiro atoms. The van der Waals surface area contributed by atoms with Crippen LogP contribution in [0.5, 0.6) is 0 Å². The zero-order chi connectivity index (χ0) is 14.4. The fraction of sp³-hybridized carbons (Fsp3) is 0.588. The van der Waals surface area contributed by atoms with Crippen molar-refractivity contribution in [3.05, 3.63) is 35.4 Å². The van der Waals surface area contributed by atoms with Crippen molar-refractivity contribution in [3.8, 4) is 0 Å². The molecule has 0 unspecified atom stereocenters. The van der Waals surface area contributed by atoms with Crippen LogP contribution < -0.4 is 0 Å². The van der Waals surface area contributed by atoms with E-state index < -0.39 is 0 Å². The van der Waals surface area contributed by atoms with Crippen LogP contribution in [0.2, 0.25) is 0 Å². The lowest BCUT2D eigenvalue weighted by molar-refractivity contribution is -0.130. The highest BCUT2D eigenvalue weighted by Gasteiger charge is 2.17. The first kappa shape index (κ1) is 15.0. The molecule has 2 rings (SSSR count). The van der Waals surface area contributed by atoms with Crippen molar-refractivity contribution in [3.63, 3.8) is 0 Å². The van der Waals surface area contributed by atoms with Gasteiger partial charge in [-0.2, -0.15) is 0 Å². The minimum absolute atomic E-state index is 0.275. The molecule has 3 nitrogen and oxygen atoms in total. The van der Waals surface area contributed by atoms with E-state index in [1.54, 1.807) is 0 Å². The van der Waals surface area contributed by atoms with Crippen LogP contribution in [0, 0.1) is 0 Å². The maximum atomic E-state index is 12.0. The van der Waals surface area contributed by atoms with Crippen LogP contribution in [0.3, 0.4) is 0 Å². The summed E-state index contributed by atoms with van der Waals surface area (Å²) in [4.78, 5) is 16.3. The number of carbonyl (C=O) groups excluding carboxylic acids is 1. The molecule has 3 heteroatoms. The topological polar surface area (TPSA) is 23.6 Å². The van der Waals surface area contributed by atoms with Crippen molar-refractivity contribution in [2.45, 2.75) is 39.2 Å². The second kappa shape index (κ2) is 7.44. The van der Waals surface area contributed by atoms with Crippen LogP contribution in [0.1, 0.15) is 37.3 Å². The lowest BCUT2D eigenvalue weighted by Crippen LogP contribution is -2.35. The molecule has 0 N–H and O–H groups in total. The standard InChI is InChI=1S/C17H26N2O/c1-3-4-11-18(2)17(20)10-13-19-12-9-15-7-5-6-8-16(15)14-19/h5-8H,3-4,9-14H2,1-2H3. The molecule has 110 valence electrons. The summed E-state index contributed by atoms with van der Waals surface area (Å²) in [5, 5.41) is 0. The van der Waals surface area contributed by atoms with Crippen LogP contribution in [0.25, 0.3) is 0 Å². The van der Waals surface area contributed by atoms with E-state index in [9.17, 15) is 4.79 Å². The zero-order valence-electron chi connectivity index (χ0n) is 12.8. The van der Waals surface area contributed by atoms with Gasteiger partial charge in [-0.05, 0) is 24.0 Å². The third-order valence-electron chi connectivity index (χ3n) is 4.12. The second-order valence-corrected chi connectivity index (χ2v) is 5.71. The molecule has 1 heterocycles. The highest BCUT2D eigenvalue weighted by Crippen LogP contribution is 2.18. The summed E-state index contributed by atoms with van der Waals surface area (Å²) in [7, 11) is 1.92. The highest BCUT2D eigenvalue weighted by molar-refractivity contribution is 5.76. The molecule has 0 saturated heterocycles. The summed E-state index contributed by atoms with van der Waals surface area (Å²) < 4.78 is 0. The number of amides is 1. The largest absolute Gasteiger partial charge is 0.346 e. The minimum Gasteiger partial charge on any atom is -0.346 e. The Hall–Kier alpha value is -1.35. The van der Waals surface area contributed by atoms with Gasteiger partial charge in [0.25, 0.3) is 0 Å². The Bertz CT molecular complexity index is 444. The smallest absolute Gasteiger partial charge is 0.223 e. The molecule has 1 aliphatic rings. The van der Waals surface area contributed by atoms with Crippen LogP contribution in [-0.2, 0) is 17.8 Å². The second-order valence-electron chi connectivity index (χ2n) is 5.71.